The van der Waals surface area contributed by atoms with Gasteiger partial charge in [-0.1, -0.05) is 72.3 Å². The molecule has 6 heteroatoms. The molecule has 0 saturated carbocycles. The van der Waals surface area contributed by atoms with Gasteiger partial charge in [-0.15, -0.1) is 0 Å². The smallest absolute Gasteiger partial charge is 0.143 e. The first kappa shape index (κ1) is 30.3. The average molecular weight is 591 g/mol. The highest BCUT2D eigenvalue weighted by Crippen LogP contribution is 2.33. The van der Waals surface area contributed by atoms with E-state index >= 15 is 0 Å². The van der Waals surface area contributed by atoms with E-state index in [1.54, 1.807) is 5.57 Å². The van der Waals surface area contributed by atoms with Gasteiger partial charge in [0.15, 0.2) is 0 Å². The van der Waals surface area contributed by atoms with Crippen LogP contribution in [0.3, 0.4) is 0 Å². The summed E-state index contributed by atoms with van der Waals surface area (Å²) in [6, 6.07) is 24.2. The topological polar surface area (TPSA) is 57.7 Å². The van der Waals surface area contributed by atoms with Crippen LogP contribution in [0.5, 0.6) is 0 Å². The van der Waals surface area contributed by atoms with E-state index < -0.39 is 0 Å². The van der Waals surface area contributed by atoms with Crippen LogP contribution in [0.4, 0.5) is 5.82 Å². The van der Waals surface area contributed by atoms with E-state index in [9.17, 15) is 4.79 Å². The average Bonchev–Trinajstić information content (AvgIpc) is 3.02. The van der Waals surface area contributed by atoms with Crippen LogP contribution in [0.1, 0.15) is 66.6 Å². The van der Waals surface area contributed by atoms with Gasteiger partial charge in [0.2, 0.25) is 0 Å². The monoisotopic (exact) mass is 590 g/mol. The van der Waals surface area contributed by atoms with E-state index in [1.807, 2.05) is 6.07 Å². The number of nitrogens with one attached hydrogen (secondary N) is 1. The lowest BCUT2D eigenvalue weighted by Gasteiger charge is -2.35. The van der Waals surface area contributed by atoms with Gasteiger partial charge in [0.25, 0.3) is 0 Å². The summed E-state index contributed by atoms with van der Waals surface area (Å²) >= 11 is 0. The van der Waals surface area contributed by atoms with Crippen molar-refractivity contribution in [1.82, 2.24) is 15.2 Å². The second-order valence-electron chi connectivity index (χ2n) is 12.9. The Bertz CT molecular complexity index is 1490. The molecule has 6 nitrogen and oxygen atoms in total. The highest BCUT2D eigenvalue weighted by molar-refractivity contribution is 5.84. The predicted octanol–water partition coefficient (Wildman–Crippen LogP) is 6.67. The van der Waals surface area contributed by atoms with Crippen LogP contribution < -0.4 is 10.2 Å². The third-order valence-electron chi connectivity index (χ3n) is 9.68. The fourth-order valence-corrected chi connectivity index (χ4v) is 6.68. The maximum atomic E-state index is 12.7. The highest BCUT2D eigenvalue weighted by atomic mass is 16.5. The molecule has 3 aliphatic heterocycles. The van der Waals surface area contributed by atoms with Gasteiger partial charge in [0.1, 0.15) is 11.6 Å². The first-order valence-corrected chi connectivity index (χ1v) is 16.2. The number of hydrogen-bond acceptors (Lipinski definition) is 6. The Morgan fingerprint density at radius 3 is 2.16 bits per heavy atom. The molecular formula is C38H46N4O2. The predicted molar refractivity (Wildman–Crippen MR) is 179 cm³/mol. The number of rotatable bonds is 9. The van der Waals surface area contributed by atoms with E-state index in [4.69, 9.17) is 9.72 Å². The first-order valence-electron chi connectivity index (χ1n) is 16.2. The molecule has 44 heavy (non-hydrogen) atoms. The minimum Gasteiger partial charge on any atom is -0.380 e. The zero-order valence-electron chi connectivity index (χ0n) is 26.5. The molecule has 0 spiro atoms. The molecule has 6 rings (SSSR count). The van der Waals surface area contributed by atoms with Crippen molar-refractivity contribution in [3.63, 3.8) is 0 Å². The van der Waals surface area contributed by atoms with Crippen molar-refractivity contribution in [2.75, 3.05) is 51.3 Å². The first-order chi connectivity index (χ1) is 21.4. The van der Waals surface area contributed by atoms with E-state index in [1.165, 1.54) is 27.8 Å². The van der Waals surface area contributed by atoms with Crippen LogP contribution in [-0.2, 0) is 9.53 Å². The van der Waals surface area contributed by atoms with Crippen molar-refractivity contribution >= 4 is 22.9 Å². The van der Waals surface area contributed by atoms with Crippen LogP contribution in [-0.4, -0.2) is 62.1 Å². The van der Waals surface area contributed by atoms with Crippen molar-refractivity contribution in [3.05, 3.63) is 107 Å². The standard InChI is InChI=1S/C38H46N4O2/c1-26-8-10-30(11-9-26)37(32-16-20-41(4)21-17-32)31-14-12-29(13-15-31)27(2)39-28(3)35-6-5-7-36(40-35)42-22-18-33(19-23-42)38(43)34-24-44-25-34/h5-15,27,33-34,39H,3,16-25H2,1-2,4H3/t27-/m1/s1. The van der Waals surface area contributed by atoms with Crippen LogP contribution in [0.25, 0.3) is 11.3 Å². The number of aryl methyl sites for hydroxylation is 1. The maximum absolute atomic E-state index is 12.7. The fourth-order valence-electron chi connectivity index (χ4n) is 6.68. The summed E-state index contributed by atoms with van der Waals surface area (Å²) in [5.41, 5.74) is 9.69. The molecular weight excluding hydrogens is 544 g/mol. The molecule has 0 aliphatic carbocycles. The zero-order valence-corrected chi connectivity index (χ0v) is 26.5. The van der Waals surface area contributed by atoms with Crippen molar-refractivity contribution in [2.24, 2.45) is 11.8 Å². The van der Waals surface area contributed by atoms with Gasteiger partial charge in [0, 0.05) is 38.1 Å². The van der Waals surface area contributed by atoms with E-state index in [0.717, 1.165) is 69.1 Å². The minimum absolute atomic E-state index is 0.0815. The molecule has 3 aliphatic rings. The molecule has 2 aromatic carbocycles. The van der Waals surface area contributed by atoms with Crippen molar-refractivity contribution in [3.8, 4) is 0 Å². The van der Waals surface area contributed by atoms with Gasteiger partial charge in [-0.05, 0) is 81.0 Å². The number of hydrogen-bond donors (Lipinski definition) is 1. The molecule has 1 N–H and O–H groups in total. The molecule has 1 aromatic heterocycles. The molecule has 0 amide bonds. The van der Waals surface area contributed by atoms with Crippen molar-refractivity contribution < 1.29 is 9.53 Å². The normalized spacial score (nSPS) is 18.9. The van der Waals surface area contributed by atoms with Crippen LogP contribution >= 0.6 is 0 Å². The Balaban J connectivity index is 1.11. The number of benzene rings is 2. The number of anilines is 1. The molecule has 1 atom stereocenters. The number of piperidine rings is 2. The van der Waals surface area contributed by atoms with E-state index in [0.29, 0.717) is 19.0 Å². The number of likely N-dealkylation sites (tertiary alicyclic amines) is 1. The second kappa shape index (κ2) is 13.5. The molecule has 3 aromatic rings. The van der Waals surface area contributed by atoms with E-state index in [-0.39, 0.29) is 17.9 Å². The summed E-state index contributed by atoms with van der Waals surface area (Å²) < 4.78 is 5.23. The third-order valence-corrected chi connectivity index (χ3v) is 9.68. The summed E-state index contributed by atoms with van der Waals surface area (Å²) in [5, 5.41) is 3.60. The maximum Gasteiger partial charge on any atom is 0.143 e. The summed E-state index contributed by atoms with van der Waals surface area (Å²) in [6.45, 7) is 13.8. The largest absolute Gasteiger partial charge is 0.380 e. The number of ether oxygens (including phenoxy) is 1. The highest BCUT2D eigenvalue weighted by Gasteiger charge is 2.34. The molecule has 3 saturated heterocycles. The zero-order chi connectivity index (χ0) is 30.6. The summed E-state index contributed by atoms with van der Waals surface area (Å²) in [6.07, 6.45) is 3.98. The fraction of sp³-hybridized carbons (Fsp3) is 0.421. The van der Waals surface area contributed by atoms with Crippen LogP contribution in [0, 0.1) is 18.8 Å². The Hall–Kier alpha value is -3.74. The molecule has 0 unspecified atom stereocenters. The van der Waals surface area contributed by atoms with Gasteiger partial charge >= 0.3 is 0 Å². The lowest BCUT2D eigenvalue weighted by Crippen LogP contribution is -2.43. The number of carbonyl (C=O) groups is 1. The summed E-state index contributed by atoms with van der Waals surface area (Å²) in [4.78, 5) is 22.3. The second-order valence-corrected chi connectivity index (χ2v) is 12.9. The molecule has 0 bridgehead atoms. The van der Waals surface area contributed by atoms with Crippen LogP contribution in [0.15, 0.2) is 78.9 Å². The van der Waals surface area contributed by atoms with Gasteiger partial charge in [-0.25, -0.2) is 4.98 Å². The van der Waals surface area contributed by atoms with Gasteiger partial charge < -0.3 is 19.9 Å². The Kier molecular flexibility index (Phi) is 9.29. The Labute approximate surface area is 262 Å². The Morgan fingerprint density at radius 2 is 1.55 bits per heavy atom. The molecule has 4 heterocycles. The lowest BCUT2D eigenvalue weighted by atomic mass is 9.85. The minimum atomic E-state index is 0.0815. The lowest BCUT2D eigenvalue weighted by molar-refractivity contribution is -0.141. The number of carbonyl (C=O) groups excluding carboxylic acids is 1. The van der Waals surface area contributed by atoms with Crippen molar-refractivity contribution in [1.29, 1.82) is 0 Å². The number of pyridine rings is 1. The van der Waals surface area contributed by atoms with Gasteiger partial charge in [-0.2, -0.15) is 0 Å². The van der Waals surface area contributed by atoms with Gasteiger partial charge in [-0.3, -0.25) is 4.79 Å². The summed E-state index contributed by atoms with van der Waals surface area (Å²) in [7, 11) is 2.21. The third kappa shape index (κ3) is 6.82. The summed E-state index contributed by atoms with van der Waals surface area (Å²) in [5.74, 6) is 1.61. The van der Waals surface area contributed by atoms with Crippen LogP contribution in [0.2, 0.25) is 0 Å². The number of Topliss-reactive ketones (excluding diaryl/α,β-unsaturated/α-hetero) is 1. The number of ketones is 1. The molecule has 3 fully saturated rings. The quantitative estimate of drug-likeness (QED) is 0.300. The molecule has 230 valence electrons. The van der Waals surface area contributed by atoms with Crippen molar-refractivity contribution in [2.45, 2.75) is 45.6 Å². The molecule has 0 radical (unpaired) electrons. The van der Waals surface area contributed by atoms with E-state index in [2.05, 4.69) is 103 Å². The number of nitrogens with zero attached hydrogens (tertiary/aromatic N) is 3. The Morgan fingerprint density at radius 1 is 0.909 bits per heavy atom. The SMILES string of the molecule is C=C(N[C@H](C)c1ccc(C(=C2CCN(C)CC2)c2ccc(C)cc2)cc1)c1cccc(N2CCC(C(=O)C3COC3)CC2)n1. The number of aromatic nitrogens is 1. The van der Waals surface area contributed by atoms with Gasteiger partial charge in [0.05, 0.1) is 30.5 Å².